The fourth-order valence-corrected chi connectivity index (χ4v) is 1.72. The summed E-state index contributed by atoms with van der Waals surface area (Å²) in [6.45, 7) is 0.598. The molecule has 2 rings (SSSR count). The van der Waals surface area contributed by atoms with Crippen LogP contribution in [0.1, 0.15) is 15.9 Å². The van der Waals surface area contributed by atoms with Gasteiger partial charge >= 0.3 is 0 Å². The van der Waals surface area contributed by atoms with Crippen molar-refractivity contribution in [3.05, 3.63) is 59.7 Å². The molecule has 0 heterocycles. The SMILES string of the molecule is COc1cc(C=O)ccc1OCOCc1ccccc1. The Kier molecular flexibility index (Phi) is 5.15. The Morgan fingerprint density at radius 2 is 1.85 bits per heavy atom. The molecule has 0 radical (unpaired) electrons. The van der Waals surface area contributed by atoms with Crippen LogP contribution in [0.2, 0.25) is 0 Å². The largest absolute Gasteiger partial charge is 0.493 e. The van der Waals surface area contributed by atoms with Gasteiger partial charge in [0.1, 0.15) is 6.29 Å². The number of rotatable bonds is 7. The van der Waals surface area contributed by atoms with Crippen LogP contribution in [0, 0.1) is 0 Å². The third kappa shape index (κ3) is 3.83. The highest BCUT2D eigenvalue weighted by Gasteiger charge is 2.05. The maximum absolute atomic E-state index is 10.7. The van der Waals surface area contributed by atoms with E-state index in [9.17, 15) is 4.79 Å². The minimum atomic E-state index is 0.117. The van der Waals surface area contributed by atoms with Crippen molar-refractivity contribution >= 4 is 6.29 Å². The smallest absolute Gasteiger partial charge is 0.189 e. The third-order valence-corrected chi connectivity index (χ3v) is 2.73. The van der Waals surface area contributed by atoms with Gasteiger partial charge in [0.25, 0.3) is 0 Å². The molecule has 4 nitrogen and oxygen atoms in total. The van der Waals surface area contributed by atoms with E-state index in [1.54, 1.807) is 18.2 Å². The molecule has 0 N–H and O–H groups in total. The number of aldehydes is 1. The lowest BCUT2D eigenvalue weighted by molar-refractivity contribution is 0.00376. The van der Waals surface area contributed by atoms with E-state index >= 15 is 0 Å². The zero-order valence-corrected chi connectivity index (χ0v) is 11.2. The predicted molar refractivity (Wildman–Crippen MR) is 75.1 cm³/mol. The fraction of sp³-hybridized carbons (Fsp3) is 0.188. The summed E-state index contributed by atoms with van der Waals surface area (Å²) in [4.78, 5) is 10.7. The van der Waals surface area contributed by atoms with Crippen LogP contribution in [0.25, 0.3) is 0 Å². The molecule has 0 aromatic heterocycles. The second-order valence-electron chi connectivity index (χ2n) is 4.12. The number of carbonyl (C=O) groups is 1. The summed E-state index contributed by atoms with van der Waals surface area (Å²) < 4.78 is 16.1. The van der Waals surface area contributed by atoms with Gasteiger partial charge in [-0.2, -0.15) is 0 Å². The maximum atomic E-state index is 10.7. The summed E-state index contributed by atoms with van der Waals surface area (Å²) in [7, 11) is 1.53. The molecule has 0 saturated carbocycles. The lowest BCUT2D eigenvalue weighted by Crippen LogP contribution is -2.04. The van der Waals surface area contributed by atoms with E-state index in [-0.39, 0.29) is 6.79 Å². The molecular weight excluding hydrogens is 256 g/mol. The van der Waals surface area contributed by atoms with E-state index in [1.165, 1.54) is 7.11 Å². The van der Waals surface area contributed by atoms with Gasteiger partial charge in [-0.1, -0.05) is 30.3 Å². The van der Waals surface area contributed by atoms with Gasteiger partial charge in [0.05, 0.1) is 13.7 Å². The fourth-order valence-electron chi connectivity index (χ4n) is 1.72. The molecule has 0 bridgehead atoms. The normalized spacial score (nSPS) is 10.1. The molecule has 0 aliphatic heterocycles. The predicted octanol–water partition coefficient (Wildman–Crippen LogP) is 3.06. The minimum Gasteiger partial charge on any atom is -0.493 e. The lowest BCUT2D eigenvalue weighted by Gasteiger charge is -2.11. The van der Waals surface area contributed by atoms with Crippen LogP contribution >= 0.6 is 0 Å². The van der Waals surface area contributed by atoms with Crippen LogP contribution in [0.3, 0.4) is 0 Å². The molecule has 0 fully saturated rings. The van der Waals surface area contributed by atoms with Crippen LogP contribution < -0.4 is 9.47 Å². The van der Waals surface area contributed by atoms with Gasteiger partial charge in [0.2, 0.25) is 0 Å². The molecule has 0 amide bonds. The Bertz CT molecular complexity index is 552. The first-order chi connectivity index (χ1) is 9.83. The summed E-state index contributed by atoms with van der Waals surface area (Å²) in [5, 5.41) is 0. The van der Waals surface area contributed by atoms with E-state index < -0.39 is 0 Å². The van der Waals surface area contributed by atoms with Crippen LogP contribution in [0.5, 0.6) is 11.5 Å². The molecule has 0 aliphatic rings. The van der Waals surface area contributed by atoms with Crippen LogP contribution in [0.15, 0.2) is 48.5 Å². The summed E-state index contributed by atoms with van der Waals surface area (Å²) in [5.74, 6) is 1.06. The van der Waals surface area contributed by atoms with E-state index in [1.807, 2.05) is 30.3 Å². The summed E-state index contributed by atoms with van der Waals surface area (Å²) >= 11 is 0. The lowest BCUT2D eigenvalue weighted by atomic mass is 10.2. The number of methoxy groups -OCH3 is 1. The average Bonchev–Trinajstić information content (AvgIpc) is 2.52. The molecular formula is C16H16O4. The van der Waals surface area contributed by atoms with Crippen molar-refractivity contribution in [1.29, 1.82) is 0 Å². The van der Waals surface area contributed by atoms with Gasteiger partial charge in [0.15, 0.2) is 18.3 Å². The molecule has 104 valence electrons. The number of carbonyl (C=O) groups excluding carboxylic acids is 1. The zero-order chi connectivity index (χ0) is 14.2. The Morgan fingerprint density at radius 3 is 2.55 bits per heavy atom. The Hall–Kier alpha value is -2.33. The van der Waals surface area contributed by atoms with Crippen molar-refractivity contribution in [2.45, 2.75) is 6.61 Å². The van der Waals surface area contributed by atoms with Gasteiger partial charge < -0.3 is 14.2 Å². The number of hydrogen-bond donors (Lipinski definition) is 0. The van der Waals surface area contributed by atoms with Gasteiger partial charge in [-0.3, -0.25) is 4.79 Å². The first-order valence-electron chi connectivity index (χ1n) is 6.21. The van der Waals surface area contributed by atoms with E-state index in [0.717, 1.165) is 11.8 Å². The Labute approximate surface area is 117 Å². The van der Waals surface area contributed by atoms with Gasteiger partial charge in [0, 0.05) is 5.56 Å². The highest BCUT2D eigenvalue weighted by Crippen LogP contribution is 2.27. The minimum absolute atomic E-state index is 0.117. The third-order valence-electron chi connectivity index (χ3n) is 2.73. The molecule has 0 aliphatic carbocycles. The summed E-state index contributed by atoms with van der Waals surface area (Å²) in [6.07, 6.45) is 0.762. The molecule has 2 aromatic carbocycles. The second-order valence-corrected chi connectivity index (χ2v) is 4.12. The topological polar surface area (TPSA) is 44.8 Å². The highest BCUT2D eigenvalue weighted by atomic mass is 16.7. The molecule has 4 heteroatoms. The van der Waals surface area contributed by atoms with E-state index in [2.05, 4.69) is 0 Å². The maximum Gasteiger partial charge on any atom is 0.189 e. The van der Waals surface area contributed by atoms with Crippen molar-refractivity contribution in [2.75, 3.05) is 13.9 Å². The van der Waals surface area contributed by atoms with Crippen LogP contribution in [0.4, 0.5) is 0 Å². The Balaban J connectivity index is 1.86. The number of ether oxygens (including phenoxy) is 3. The summed E-state index contributed by atoms with van der Waals surface area (Å²) in [6, 6.07) is 14.8. The quantitative estimate of drug-likeness (QED) is 0.441. The van der Waals surface area contributed by atoms with Crippen molar-refractivity contribution in [2.24, 2.45) is 0 Å². The van der Waals surface area contributed by atoms with Gasteiger partial charge in [-0.05, 0) is 23.8 Å². The number of benzene rings is 2. The molecule has 0 atom stereocenters. The van der Waals surface area contributed by atoms with Gasteiger partial charge in [-0.25, -0.2) is 0 Å². The van der Waals surface area contributed by atoms with Crippen LogP contribution in [-0.4, -0.2) is 20.2 Å². The highest BCUT2D eigenvalue weighted by molar-refractivity contribution is 5.76. The standard InChI is InChI=1S/C16H16O4/c1-18-16-9-14(10-17)7-8-15(16)20-12-19-11-13-5-3-2-4-6-13/h2-10H,11-12H2,1H3. The molecule has 0 spiro atoms. The first kappa shape index (κ1) is 14.1. The van der Waals surface area contributed by atoms with Crippen molar-refractivity contribution in [1.82, 2.24) is 0 Å². The molecule has 0 unspecified atom stereocenters. The van der Waals surface area contributed by atoms with Crippen molar-refractivity contribution < 1.29 is 19.0 Å². The van der Waals surface area contributed by atoms with Crippen LogP contribution in [-0.2, 0) is 11.3 Å². The first-order valence-corrected chi connectivity index (χ1v) is 6.21. The molecule has 0 saturated heterocycles. The molecule has 20 heavy (non-hydrogen) atoms. The summed E-state index contributed by atoms with van der Waals surface area (Å²) in [5.41, 5.74) is 1.62. The van der Waals surface area contributed by atoms with E-state index in [4.69, 9.17) is 14.2 Å². The second kappa shape index (κ2) is 7.31. The molecule has 2 aromatic rings. The monoisotopic (exact) mass is 272 g/mol. The van der Waals surface area contributed by atoms with E-state index in [0.29, 0.717) is 23.7 Å². The average molecular weight is 272 g/mol. The number of hydrogen-bond acceptors (Lipinski definition) is 4. The zero-order valence-electron chi connectivity index (χ0n) is 11.2. The Morgan fingerprint density at radius 1 is 1.05 bits per heavy atom. The van der Waals surface area contributed by atoms with Crippen molar-refractivity contribution in [3.63, 3.8) is 0 Å². The van der Waals surface area contributed by atoms with Gasteiger partial charge in [-0.15, -0.1) is 0 Å². The van der Waals surface area contributed by atoms with Crippen molar-refractivity contribution in [3.8, 4) is 11.5 Å².